The Kier molecular flexibility index (Phi) is 3.69. The minimum absolute atomic E-state index is 0.0862. The number of hydrogen-bond donors (Lipinski definition) is 3. The molecule has 1 aromatic heterocycles. The van der Waals surface area contributed by atoms with Crippen LogP contribution in [0.1, 0.15) is 23.3 Å². The second-order valence-electron chi connectivity index (χ2n) is 4.09. The Morgan fingerprint density at radius 1 is 1.37 bits per heavy atom. The summed E-state index contributed by atoms with van der Waals surface area (Å²) in [4.78, 5) is 41.3. The van der Waals surface area contributed by atoms with Crippen molar-refractivity contribution in [1.82, 2.24) is 15.3 Å². The lowest BCUT2D eigenvalue weighted by Gasteiger charge is -2.21. The summed E-state index contributed by atoms with van der Waals surface area (Å²) in [5.74, 6) is -2.20. The molecule has 100 valence electrons. The fourth-order valence-electron chi connectivity index (χ4n) is 1.76. The average molecular weight is 264 g/mol. The van der Waals surface area contributed by atoms with Crippen molar-refractivity contribution in [2.24, 2.45) is 5.92 Å². The Balaban J connectivity index is 2.07. The van der Waals surface area contributed by atoms with Crippen LogP contribution < -0.4 is 10.6 Å². The molecule has 2 heterocycles. The van der Waals surface area contributed by atoms with Crippen molar-refractivity contribution >= 4 is 23.6 Å². The van der Waals surface area contributed by atoms with Gasteiger partial charge in [-0.2, -0.15) is 0 Å². The van der Waals surface area contributed by atoms with E-state index < -0.39 is 5.97 Å². The Morgan fingerprint density at radius 3 is 2.74 bits per heavy atom. The van der Waals surface area contributed by atoms with Gasteiger partial charge in [-0.15, -0.1) is 0 Å². The van der Waals surface area contributed by atoms with Gasteiger partial charge in [0, 0.05) is 25.4 Å². The summed E-state index contributed by atoms with van der Waals surface area (Å²) in [7, 11) is 0. The number of carboxylic acids is 1. The van der Waals surface area contributed by atoms with Crippen molar-refractivity contribution in [3.63, 3.8) is 0 Å². The van der Waals surface area contributed by atoms with Gasteiger partial charge in [0.05, 0.1) is 5.92 Å². The fraction of sp³-hybridized carbons (Fsp3) is 0.364. The molecule has 0 saturated carbocycles. The summed E-state index contributed by atoms with van der Waals surface area (Å²) in [5, 5.41) is 13.9. The lowest BCUT2D eigenvalue weighted by atomic mass is 9.98. The summed E-state index contributed by atoms with van der Waals surface area (Å²) in [6.07, 6.45) is 3.25. The lowest BCUT2D eigenvalue weighted by molar-refractivity contribution is -0.126. The lowest BCUT2D eigenvalue weighted by Crippen LogP contribution is -2.40. The maximum Gasteiger partial charge on any atom is 0.358 e. The third kappa shape index (κ3) is 3.03. The first kappa shape index (κ1) is 12.9. The molecular weight excluding hydrogens is 252 g/mol. The maximum absolute atomic E-state index is 11.9. The SMILES string of the molecule is O=C1CCC(C(=O)Nc2nccnc2C(=O)O)CN1. The normalized spacial score (nSPS) is 18.5. The third-order valence-corrected chi connectivity index (χ3v) is 2.78. The highest BCUT2D eigenvalue weighted by Crippen LogP contribution is 2.15. The molecule has 1 unspecified atom stereocenters. The highest BCUT2D eigenvalue weighted by atomic mass is 16.4. The summed E-state index contributed by atoms with van der Waals surface area (Å²) in [6.45, 7) is 0.243. The molecule has 19 heavy (non-hydrogen) atoms. The molecule has 1 atom stereocenters. The molecule has 1 saturated heterocycles. The molecular formula is C11H12N4O4. The van der Waals surface area contributed by atoms with Gasteiger partial charge in [0.25, 0.3) is 0 Å². The molecule has 2 amide bonds. The van der Waals surface area contributed by atoms with Gasteiger partial charge in [0.1, 0.15) is 0 Å². The van der Waals surface area contributed by atoms with Crippen LogP contribution in [0.25, 0.3) is 0 Å². The molecule has 2 rings (SSSR count). The minimum atomic E-state index is -1.26. The van der Waals surface area contributed by atoms with Gasteiger partial charge in [0.2, 0.25) is 11.8 Å². The van der Waals surface area contributed by atoms with Crippen LogP contribution in [-0.4, -0.2) is 39.4 Å². The van der Waals surface area contributed by atoms with E-state index in [-0.39, 0.29) is 42.2 Å². The van der Waals surface area contributed by atoms with Crippen molar-refractivity contribution in [3.8, 4) is 0 Å². The van der Waals surface area contributed by atoms with Crippen molar-refractivity contribution in [2.75, 3.05) is 11.9 Å². The molecule has 0 aliphatic carbocycles. The van der Waals surface area contributed by atoms with Gasteiger partial charge in [-0.25, -0.2) is 14.8 Å². The average Bonchev–Trinajstić information content (AvgIpc) is 2.39. The van der Waals surface area contributed by atoms with Crippen LogP contribution in [0.15, 0.2) is 12.4 Å². The van der Waals surface area contributed by atoms with Gasteiger partial charge >= 0.3 is 5.97 Å². The molecule has 0 radical (unpaired) electrons. The number of nitrogens with zero attached hydrogens (tertiary/aromatic N) is 2. The molecule has 8 nitrogen and oxygen atoms in total. The molecule has 0 spiro atoms. The minimum Gasteiger partial charge on any atom is -0.476 e. The summed E-state index contributed by atoms with van der Waals surface area (Å²) < 4.78 is 0. The number of aromatic carboxylic acids is 1. The van der Waals surface area contributed by atoms with Crippen molar-refractivity contribution in [2.45, 2.75) is 12.8 Å². The predicted octanol–water partition coefficient (Wildman–Crippen LogP) is -0.360. The van der Waals surface area contributed by atoms with Crippen LogP contribution >= 0.6 is 0 Å². The van der Waals surface area contributed by atoms with E-state index in [4.69, 9.17) is 5.11 Å². The topological polar surface area (TPSA) is 121 Å². The Morgan fingerprint density at radius 2 is 2.11 bits per heavy atom. The first-order valence-electron chi connectivity index (χ1n) is 5.70. The Bertz CT molecular complexity index is 521. The maximum atomic E-state index is 11.9. The number of carboxylic acid groups (broad SMARTS) is 1. The standard InChI is InChI=1S/C11H12N4O4/c16-7-2-1-6(5-14-7)10(17)15-9-8(11(18)19)12-3-4-13-9/h3-4,6H,1-2,5H2,(H,14,16)(H,18,19)(H,13,15,17). The van der Waals surface area contributed by atoms with Crippen LogP contribution in [0.3, 0.4) is 0 Å². The van der Waals surface area contributed by atoms with Crippen LogP contribution in [0.5, 0.6) is 0 Å². The summed E-state index contributed by atoms with van der Waals surface area (Å²) in [6, 6.07) is 0. The number of nitrogens with one attached hydrogen (secondary N) is 2. The molecule has 3 N–H and O–H groups in total. The number of rotatable bonds is 3. The van der Waals surface area contributed by atoms with Gasteiger partial charge in [-0.1, -0.05) is 0 Å². The van der Waals surface area contributed by atoms with Crippen molar-refractivity contribution in [1.29, 1.82) is 0 Å². The zero-order chi connectivity index (χ0) is 13.8. The predicted molar refractivity (Wildman–Crippen MR) is 63.4 cm³/mol. The van der Waals surface area contributed by atoms with Gasteiger partial charge in [-0.3, -0.25) is 9.59 Å². The molecule has 1 aliphatic rings. The van der Waals surface area contributed by atoms with E-state index in [1.165, 1.54) is 12.4 Å². The van der Waals surface area contributed by atoms with Crippen molar-refractivity contribution < 1.29 is 19.5 Å². The van der Waals surface area contributed by atoms with E-state index in [0.29, 0.717) is 6.42 Å². The zero-order valence-corrected chi connectivity index (χ0v) is 9.92. The van der Waals surface area contributed by atoms with Crippen LogP contribution in [0, 0.1) is 5.92 Å². The number of hydrogen-bond acceptors (Lipinski definition) is 5. The first-order valence-corrected chi connectivity index (χ1v) is 5.70. The van der Waals surface area contributed by atoms with E-state index in [1.807, 2.05) is 0 Å². The molecule has 1 fully saturated rings. The highest BCUT2D eigenvalue weighted by molar-refractivity contribution is 5.99. The Hall–Kier alpha value is -2.51. The smallest absolute Gasteiger partial charge is 0.358 e. The van der Waals surface area contributed by atoms with Gasteiger partial charge in [-0.05, 0) is 6.42 Å². The largest absolute Gasteiger partial charge is 0.476 e. The molecule has 1 aromatic rings. The fourth-order valence-corrected chi connectivity index (χ4v) is 1.76. The van der Waals surface area contributed by atoms with Gasteiger partial charge in [0.15, 0.2) is 11.5 Å². The van der Waals surface area contributed by atoms with Gasteiger partial charge < -0.3 is 15.7 Å². The Labute approximate surface area is 108 Å². The number of carbonyl (C=O) groups excluding carboxylic acids is 2. The monoisotopic (exact) mass is 264 g/mol. The number of anilines is 1. The molecule has 0 bridgehead atoms. The molecule has 8 heteroatoms. The second kappa shape index (κ2) is 5.42. The van der Waals surface area contributed by atoms with E-state index in [2.05, 4.69) is 20.6 Å². The quantitative estimate of drug-likeness (QED) is 0.685. The summed E-state index contributed by atoms with van der Waals surface area (Å²) >= 11 is 0. The zero-order valence-electron chi connectivity index (χ0n) is 9.92. The van der Waals surface area contributed by atoms with E-state index >= 15 is 0 Å². The molecule has 0 aromatic carbocycles. The second-order valence-corrected chi connectivity index (χ2v) is 4.09. The van der Waals surface area contributed by atoms with Crippen LogP contribution in [0.2, 0.25) is 0 Å². The van der Waals surface area contributed by atoms with E-state index in [1.54, 1.807) is 0 Å². The first-order chi connectivity index (χ1) is 9.08. The van der Waals surface area contributed by atoms with Crippen LogP contribution in [0.4, 0.5) is 5.82 Å². The van der Waals surface area contributed by atoms with Crippen molar-refractivity contribution in [3.05, 3.63) is 18.1 Å². The molecule has 1 aliphatic heterocycles. The summed E-state index contributed by atoms with van der Waals surface area (Å²) in [5.41, 5.74) is -0.310. The number of amides is 2. The highest BCUT2D eigenvalue weighted by Gasteiger charge is 2.26. The number of carbonyl (C=O) groups is 3. The van der Waals surface area contributed by atoms with Crippen LogP contribution in [-0.2, 0) is 9.59 Å². The number of piperidine rings is 1. The van der Waals surface area contributed by atoms with E-state index in [9.17, 15) is 14.4 Å². The number of aromatic nitrogens is 2. The van der Waals surface area contributed by atoms with E-state index in [0.717, 1.165) is 0 Å². The third-order valence-electron chi connectivity index (χ3n) is 2.78.